The number of carbonyl (C=O) groups is 1. The lowest BCUT2D eigenvalue weighted by atomic mass is 9.89. The molecule has 3 heterocycles. The third-order valence-corrected chi connectivity index (χ3v) is 5.80. The van der Waals surface area contributed by atoms with E-state index >= 15 is 0 Å². The van der Waals surface area contributed by atoms with Gasteiger partial charge in [0.2, 0.25) is 11.0 Å². The number of carbonyl (C=O) groups excluding carboxylic acids is 1. The molecule has 2 aliphatic heterocycles. The number of rotatable bonds is 7. The largest absolute Gasteiger partial charge is 0.377 e. The maximum atomic E-state index is 12.3. The summed E-state index contributed by atoms with van der Waals surface area (Å²) < 4.78 is 11.2. The molecule has 0 aliphatic carbocycles. The summed E-state index contributed by atoms with van der Waals surface area (Å²) in [6.45, 7) is 8.81. The summed E-state index contributed by atoms with van der Waals surface area (Å²) in [4.78, 5) is 17.0. The monoisotopic (exact) mass is 383 g/mol. The van der Waals surface area contributed by atoms with E-state index in [0.29, 0.717) is 18.3 Å². The van der Waals surface area contributed by atoms with E-state index in [-0.39, 0.29) is 11.5 Å². The summed E-state index contributed by atoms with van der Waals surface area (Å²) in [5.41, 5.74) is -0.0192. The van der Waals surface area contributed by atoms with Crippen molar-refractivity contribution in [1.29, 1.82) is 0 Å². The summed E-state index contributed by atoms with van der Waals surface area (Å²) in [5, 5.41) is 12.1. The SMILES string of the molecule is CCCN1CCOC2(CCN(CC(=O)Nc3nnc(COC)s3)CC2)C1. The first-order valence-corrected chi connectivity index (χ1v) is 10.1. The molecule has 146 valence electrons. The third kappa shape index (κ3) is 5.20. The number of aromatic nitrogens is 2. The summed E-state index contributed by atoms with van der Waals surface area (Å²) >= 11 is 1.35. The molecule has 2 saturated heterocycles. The summed E-state index contributed by atoms with van der Waals surface area (Å²) in [5.74, 6) is -0.0433. The lowest BCUT2D eigenvalue weighted by molar-refractivity contribution is -0.138. The molecule has 1 amide bonds. The van der Waals surface area contributed by atoms with Gasteiger partial charge in [0.15, 0.2) is 0 Å². The zero-order valence-corrected chi connectivity index (χ0v) is 16.5. The Morgan fingerprint density at radius 3 is 2.85 bits per heavy atom. The highest BCUT2D eigenvalue weighted by molar-refractivity contribution is 7.15. The van der Waals surface area contributed by atoms with Crippen LogP contribution < -0.4 is 5.32 Å². The van der Waals surface area contributed by atoms with Gasteiger partial charge < -0.3 is 9.47 Å². The Bertz CT molecular complexity index is 587. The van der Waals surface area contributed by atoms with Gasteiger partial charge in [-0.15, -0.1) is 10.2 Å². The lowest BCUT2D eigenvalue weighted by Crippen LogP contribution is -2.57. The van der Waals surface area contributed by atoms with E-state index in [0.717, 1.165) is 57.2 Å². The Morgan fingerprint density at radius 2 is 2.12 bits per heavy atom. The Balaban J connectivity index is 1.43. The third-order valence-electron chi connectivity index (χ3n) is 4.98. The van der Waals surface area contributed by atoms with Crippen molar-refractivity contribution in [3.05, 3.63) is 5.01 Å². The van der Waals surface area contributed by atoms with Gasteiger partial charge in [-0.1, -0.05) is 18.3 Å². The number of piperidine rings is 1. The maximum absolute atomic E-state index is 12.3. The van der Waals surface area contributed by atoms with Crippen LogP contribution in [-0.2, 0) is 20.9 Å². The summed E-state index contributed by atoms with van der Waals surface area (Å²) in [7, 11) is 1.61. The first-order valence-electron chi connectivity index (χ1n) is 9.32. The number of nitrogens with one attached hydrogen (secondary N) is 1. The van der Waals surface area contributed by atoms with E-state index in [1.54, 1.807) is 7.11 Å². The Labute approximate surface area is 158 Å². The van der Waals surface area contributed by atoms with Crippen molar-refractivity contribution in [2.75, 3.05) is 58.3 Å². The molecular weight excluding hydrogens is 354 g/mol. The molecule has 1 N–H and O–H groups in total. The van der Waals surface area contributed by atoms with Crippen LogP contribution in [-0.4, -0.2) is 84.5 Å². The first kappa shape index (κ1) is 19.6. The molecule has 26 heavy (non-hydrogen) atoms. The van der Waals surface area contributed by atoms with Crippen LogP contribution >= 0.6 is 11.3 Å². The Morgan fingerprint density at radius 1 is 1.31 bits per heavy atom. The number of methoxy groups -OCH3 is 1. The molecule has 0 bridgehead atoms. The second kappa shape index (κ2) is 9.18. The quantitative estimate of drug-likeness (QED) is 0.758. The first-order chi connectivity index (χ1) is 12.6. The Kier molecular flexibility index (Phi) is 6.93. The van der Waals surface area contributed by atoms with E-state index in [1.807, 2.05) is 0 Å². The fourth-order valence-electron chi connectivity index (χ4n) is 3.70. The normalized spacial score (nSPS) is 21.2. The smallest absolute Gasteiger partial charge is 0.240 e. The van der Waals surface area contributed by atoms with Crippen LogP contribution in [0.2, 0.25) is 0 Å². The minimum atomic E-state index is -0.0433. The van der Waals surface area contributed by atoms with Crippen molar-refractivity contribution in [1.82, 2.24) is 20.0 Å². The lowest BCUT2D eigenvalue weighted by Gasteiger charge is -2.47. The van der Waals surface area contributed by atoms with Crippen molar-refractivity contribution in [2.45, 2.75) is 38.4 Å². The van der Waals surface area contributed by atoms with Crippen LogP contribution in [0.3, 0.4) is 0 Å². The van der Waals surface area contributed by atoms with Crippen LogP contribution in [0.25, 0.3) is 0 Å². The number of morpholine rings is 1. The van der Waals surface area contributed by atoms with Gasteiger partial charge in [0, 0.05) is 33.3 Å². The second-order valence-corrected chi connectivity index (χ2v) is 8.13. The van der Waals surface area contributed by atoms with Gasteiger partial charge >= 0.3 is 0 Å². The molecule has 9 heteroatoms. The zero-order chi connectivity index (χ0) is 18.4. The summed E-state index contributed by atoms with van der Waals surface area (Å²) in [6.07, 6.45) is 3.15. The van der Waals surface area contributed by atoms with E-state index in [4.69, 9.17) is 9.47 Å². The molecule has 0 unspecified atom stereocenters. The van der Waals surface area contributed by atoms with Crippen molar-refractivity contribution < 1.29 is 14.3 Å². The van der Waals surface area contributed by atoms with Gasteiger partial charge in [0.05, 0.1) is 18.8 Å². The molecule has 0 saturated carbocycles. The van der Waals surface area contributed by atoms with Gasteiger partial charge in [-0.05, 0) is 25.8 Å². The average molecular weight is 384 g/mol. The van der Waals surface area contributed by atoms with Gasteiger partial charge in [-0.2, -0.15) is 0 Å². The van der Waals surface area contributed by atoms with E-state index in [2.05, 4.69) is 32.2 Å². The highest BCUT2D eigenvalue weighted by Crippen LogP contribution is 2.30. The fraction of sp³-hybridized carbons (Fsp3) is 0.824. The molecule has 1 aromatic heterocycles. The van der Waals surface area contributed by atoms with Crippen molar-refractivity contribution in [3.8, 4) is 0 Å². The fourth-order valence-corrected chi connectivity index (χ4v) is 4.43. The Hall–Kier alpha value is -1.13. The molecule has 1 aromatic rings. The predicted molar refractivity (Wildman–Crippen MR) is 100 cm³/mol. The number of likely N-dealkylation sites (tertiary alicyclic amines) is 1. The molecule has 0 atom stereocenters. The molecular formula is C17H29N5O3S. The topological polar surface area (TPSA) is 79.8 Å². The van der Waals surface area contributed by atoms with Crippen LogP contribution in [0.1, 0.15) is 31.2 Å². The van der Waals surface area contributed by atoms with Crippen LogP contribution in [0, 0.1) is 0 Å². The molecule has 2 aliphatic rings. The average Bonchev–Trinajstić information content (AvgIpc) is 3.05. The maximum Gasteiger partial charge on any atom is 0.240 e. The van der Waals surface area contributed by atoms with Crippen molar-refractivity contribution >= 4 is 22.4 Å². The molecule has 8 nitrogen and oxygen atoms in total. The summed E-state index contributed by atoms with van der Waals surface area (Å²) in [6, 6.07) is 0. The van der Waals surface area contributed by atoms with Gasteiger partial charge in [0.25, 0.3) is 0 Å². The zero-order valence-electron chi connectivity index (χ0n) is 15.7. The van der Waals surface area contributed by atoms with Crippen molar-refractivity contribution in [2.24, 2.45) is 0 Å². The molecule has 1 spiro atoms. The van der Waals surface area contributed by atoms with Crippen LogP contribution in [0.5, 0.6) is 0 Å². The highest BCUT2D eigenvalue weighted by atomic mass is 32.1. The highest BCUT2D eigenvalue weighted by Gasteiger charge is 2.39. The predicted octanol–water partition coefficient (Wildman–Crippen LogP) is 1.20. The van der Waals surface area contributed by atoms with E-state index < -0.39 is 0 Å². The molecule has 0 aromatic carbocycles. The number of anilines is 1. The molecule has 2 fully saturated rings. The van der Waals surface area contributed by atoms with Crippen molar-refractivity contribution in [3.63, 3.8) is 0 Å². The second-order valence-electron chi connectivity index (χ2n) is 7.07. The molecule has 0 radical (unpaired) electrons. The van der Waals surface area contributed by atoms with Gasteiger partial charge in [-0.3, -0.25) is 19.9 Å². The number of hydrogen-bond donors (Lipinski definition) is 1. The van der Waals surface area contributed by atoms with E-state index in [1.165, 1.54) is 17.8 Å². The number of ether oxygens (including phenoxy) is 2. The minimum Gasteiger partial charge on any atom is -0.377 e. The number of amides is 1. The van der Waals surface area contributed by atoms with E-state index in [9.17, 15) is 4.79 Å². The standard InChI is InChI=1S/C17H29N5O3S/c1-3-6-22-9-10-25-17(13-22)4-7-21(8-5-17)11-14(23)18-16-20-19-15(26-16)12-24-2/h3-13H2,1-2H3,(H,18,20,23). The van der Waals surface area contributed by atoms with Gasteiger partial charge in [0.1, 0.15) is 11.6 Å². The van der Waals surface area contributed by atoms with Crippen LogP contribution in [0.4, 0.5) is 5.13 Å². The van der Waals surface area contributed by atoms with Crippen LogP contribution in [0.15, 0.2) is 0 Å². The molecule has 3 rings (SSSR count). The number of nitrogens with zero attached hydrogens (tertiary/aromatic N) is 4. The number of hydrogen-bond acceptors (Lipinski definition) is 8. The minimum absolute atomic E-state index is 0.0192. The van der Waals surface area contributed by atoms with Gasteiger partial charge in [-0.25, -0.2) is 0 Å².